The molecule has 0 spiro atoms. The molecule has 4 nitrogen and oxygen atoms in total. The molecule has 1 N–H and O–H groups in total. The zero-order valence-electron chi connectivity index (χ0n) is 16.7. The highest BCUT2D eigenvalue weighted by molar-refractivity contribution is 5.74. The molecule has 26 heavy (non-hydrogen) atoms. The lowest BCUT2D eigenvalue weighted by Crippen LogP contribution is -2.48. The highest BCUT2D eigenvalue weighted by Crippen LogP contribution is 2.13. The standard InChI is InChI=1S/C22H33N3O/c1-5-6-10-15-25(21(26)23-22(2,3)4)18-20-14-11-16-24(20)17-19-12-8-7-9-13-19/h7-9,11-14,16H,5-6,10,15,17-18H2,1-4H3,(H,23,26). The minimum atomic E-state index is -0.230. The van der Waals surface area contributed by atoms with Gasteiger partial charge in [0.05, 0.1) is 6.54 Å². The van der Waals surface area contributed by atoms with E-state index < -0.39 is 0 Å². The van der Waals surface area contributed by atoms with E-state index in [4.69, 9.17) is 0 Å². The van der Waals surface area contributed by atoms with E-state index in [1.807, 2.05) is 31.7 Å². The number of amides is 2. The molecular formula is C22H33N3O. The predicted octanol–water partition coefficient (Wildman–Crippen LogP) is 5.04. The predicted molar refractivity (Wildman–Crippen MR) is 108 cm³/mol. The molecule has 0 saturated carbocycles. The summed E-state index contributed by atoms with van der Waals surface area (Å²) in [7, 11) is 0. The molecule has 0 bridgehead atoms. The Morgan fingerprint density at radius 1 is 1.08 bits per heavy atom. The first-order chi connectivity index (χ1) is 12.4. The average Bonchev–Trinajstić information content (AvgIpc) is 3.00. The van der Waals surface area contributed by atoms with Gasteiger partial charge < -0.3 is 14.8 Å². The molecule has 1 aromatic carbocycles. The minimum absolute atomic E-state index is 0.0149. The maximum Gasteiger partial charge on any atom is 0.318 e. The molecule has 1 heterocycles. The van der Waals surface area contributed by atoms with Crippen molar-refractivity contribution in [2.75, 3.05) is 6.54 Å². The fourth-order valence-corrected chi connectivity index (χ4v) is 2.93. The van der Waals surface area contributed by atoms with E-state index in [9.17, 15) is 4.79 Å². The molecule has 0 aliphatic carbocycles. The van der Waals surface area contributed by atoms with E-state index in [-0.39, 0.29) is 11.6 Å². The highest BCUT2D eigenvalue weighted by Gasteiger charge is 2.20. The molecule has 0 fully saturated rings. The zero-order chi connectivity index (χ0) is 19.0. The first kappa shape index (κ1) is 20.1. The van der Waals surface area contributed by atoms with Crippen LogP contribution in [0.1, 0.15) is 58.2 Å². The van der Waals surface area contributed by atoms with Gasteiger partial charge in [-0.15, -0.1) is 0 Å². The Bertz CT molecular complexity index is 670. The van der Waals surface area contributed by atoms with Crippen LogP contribution >= 0.6 is 0 Å². The first-order valence-corrected chi connectivity index (χ1v) is 9.64. The third-order valence-corrected chi connectivity index (χ3v) is 4.27. The molecule has 0 atom stereocenters. The molecule has 2 aromatic rings. The van der Waals surface area contributed by atoms with Crippen LogP contribution in [0, 0.1) is 0 Å². The number of hydrogen-bond acceptors (Lipinski definition) is 1. The molecule has 2 amide bonds. The summed E-state index contributed by atoms with van der Waals surface area (Å²) in [5.41, 5.74) is 2.20. The molecular weight excluding hydrogens is 322 g/mol. The molecule has 0 unspecified atom stereocenters. The summed E-state index contributed by atoms with van der Waals surface area (Å²) in [6, 6.07) is 14.6. The van der Waals surface area contributed by atoms with Crippen LogP contribution in [0.4, 0.5) is 4.79 Å². The number of nitrogens with one attached hydrogen (secondary N) is 1. The van der Waals surface area contributed by atoms with Crippen LogP contribution < -0.4 is 5.32 Å². The Morgan fingerprint density at radius 2 is 1.81 bits per heavy atom. The second kappa shape index (κ2) is 9.46. The van der Waals surface area contributed by atoms with Crippen molar-refractivity contribution in [1.82, 2.24) is 14.8 Å². The van der Waals surface area contributed by atoms with Crippen LogP contribution in [-0.2, 0) is 13.1 Å². The number of aromatic nitrogens is 1. The SMILES string of the molecule is CCCCCN(Cc1cccn1Cc1ccccc1)C(=O)NC(C)(C)C. The summed E-state index contributed by atoms with van der Waals surface area (Å²) < 4.78 is 2.23. The van der Waals surface area contributed by atoms with E-state index in [0.717, 1.165) is 38.0 Å². The van der Waals surface area contributed by atoms with E-state index in [0.29, 0.717) is 6.54 Å². The Balaban J connectivity index is 2.09. The topological polar surface area (TPSA) is 37.3 Å². The number of carbonyl (C=O) groups is 1. The molecule has 142 valence electrons. The van der Waals surface area contributed by atoms with Gasteiger partial charge >= 0.3 is 6.03 Å². The van der Waals surface area contributed by atoms with Crippen LogP contribution in [-0.4, -0.2) is 27.6 Å². The molecule has 2 rings (SSSR count). The van der Waals surface area contributed by atoms with Crippen molar-refractivity contribution < 1.29 is 4.79 Å². The van der Waals surface area contributed by atoms with Crippen LogP contribution in [0.25, 0.3) is 0 Å². The summed E-state index contributed by atoms with van der Waals surface area (Å²) >= 11 is 0. The van der Waals surface area contributed by atoms with E-state index in [2.05, 4.69) is 59.4 Å². The summed E-state index contributed by atoms with van der Waals surface area (Å²) in [6.07, 6.45) is 5.42. The molecule has 0 aliphatic rings. The quantitative estimate of drug-likeness (QED) is 0.662. The fourth-order valence-electron chi connectivity index (χ4n) is 2.93. The first-order valence-electron chi connectivity index (χ1n) is 9.64. The number of carbonyl (C=O) groups excluding carboxylic acids is 1. The third kappa shape index (κ3) is 6.58. The van der Waals surface area contributed by atoms with Gasteiger partial charge in [0.2, 0.25) is 0 Å². The van der Waals surface area contributed by atoms with E-state index in [1.165, 1.54) is 5.56 Å². The van der Waals surface area contributed by atoms with Crippen LogP contribution in [0.5, 0.6) is 0 Å². The maximum absolute atomic E-state index is 12.8. The van der Waals surface area contributed by atoms with Gasteiger partial charge in [-0.2, -0.15) is 0 Å². The Labute approximate surface area is 158 Å². The van der Waals surface area contributed by atoms with Crippen molar-refractivity contribution in [2.24, 2.45) is 0 Å². The number of unbranched alkanes of at least 4 members (excludes halogenated alkanes) is 2. The summed E-state index contributed by atoms with van der Waals surface area (Å²) in [5, 5.41) is 3.11. The second-order valence-electron chi connectivity index (χ2n) is 7.92. The number of nitrogens with zero attached hydrogens (tertiary/aromatic N) is 2. The lowest BCUT2D eigenvalue weighted by Gasteiger charge is -2.29. The summed E-state index contributed by atoms with van der Waals surface area (Å²) in [6.45, 7) is 10.5. The number of rotatable bonds is 8. The molecule has 0 radical (unpaired) electrons. The minimum Gasteiger partial charge on any atom is -0.345 e. The van der Waals surface area contributed by atoms with Gasteiger partial charge in [-0.1, -0.05) is 50.1 Å². The zero-order valence-corrected chi connectivity index (χ0v) is 16.7. The number of hydrogen-bond donors (Lipinski definition) is 1. The Kier molecular flexibility index (Phi) is 7.31. The highest BCUT2D eigenvalue weighted by atomic mass is 16.2. The molecule has 0 saturated heterocycles. The second-order valence-corrected chi connectivity index (χ2v) is 7.92. The smallest absolute Gasteiger partial charge is 0.318 e. The monoisotopic (exact) mass is 355 g/mol. The van der Waals surface area contributed by atoms with Crippen LogP contribution in [0.15, 0.2) is 48.7 Å². The van der Waals surface area contributed by atoms with Gasteiger partial charge in [-0.3, -0.25) is 0 Å². The number of urea groups is 1. The van der Waals surface area contributed by atoms with Crippen molar-refractivity contribution in [1.29, 1.82) is 0 Å². The van der Waals surface area contributed by atoms with Crippen LogP contribution in [0.3, 0.4) is 0 Å². The average molecular weight is 356 g/mol. The van der Waals surface area contributed by atoms with Gasteiger partial charge in [0.1, 0.15) is 0 Å². The van der Waals surface area contributed by atoms with Gasteiger partial charge in [0.25, 0.3) is 0 Å². The lowest BCUT2D eigenvalue weighted by atomic mass is 10.1. The van der Waals surface area contributed by atoms with Crippen molar-refractivity contribution >= 4 is 6.03 Å². The van der Waals surface area contributed by atoms with Gasteiger partial charge in [0, 0.05) is 30.5 Å². The van der Waals surface area contributed by atoms with Gasteiger partial charge in [-0.25, -0.2) is 4.79 Å². The summed E-state index contributed by atoms with van der Waals surface area (Å²) in [4.78, 5) is 14.7. The maximum atomic E-state index is 12.8. The molecule has 0 aliphatic heterocycles. The van der Waals surface area contributed by atoms with Crippen LogP contribution in [0.2, 0.25) is 0 Å². The molecule has 4 heteroatoms. The normalized spacial score (nSPS) is 11.4. The summed E-state index contributed by atoms with van der Waals surface area (Å²) in [5.74, 6) is 0. The van der Waals surface area contributed by atoms with E-state index >= 15 is 0 Å². The van der Waals surface area contributed by atoms with Crippen molar-refractivity contribution in [3.63, 3.8) is 0 Å². The Hall–Kier alpha value is -2.23. The van der Waals surface area contributed by atoms with Crippen molar-refractivity contribution in [3.8, 4) is 0 Å². The Morgan fingerprint density at radius 3 is 2.46 bits per heavy atom. The van der Waals surface area contributed by atoms with Crippen molar-refractivity contribution in [2.45, 2.75) is 65.6 Å². The largest absolute Gasteiger partial charge is 0.345 e. The third-order valence-electron chi connectivity index (χ3n) is 4.27. The van der Waals surface area contributed by atoms with Gasteiger partial charge in [-0.05, 0) is 44.9 Å². The number of benzene rings is 1. The molecule has 1 aromatic heterocycles. The van der Waals surface area contributed by atoms with E-state index in [1.54, 1.807) is 0 Å². The van der Waals surface area contributed by atoms with Gasteiger partial charge in [0.15, 0.2) is 0 Å². The van der Waals surface area contributed by atoms with Crippen molar-refractivity contribution in [3.05, 3.63) is 59.9 Å². The fraction of sp³-hybridized carbons (Fsp3) is 0.500. The lowest BCUT2D eigenvalue weighted by molar-refractivity contribution is 0.183.